The minimum Gasteiger partial charge on any atom is -0.493 e. The highest BCUT2D eigenvalue weighted by Crippen LogP contribution is 2.36. The van der Waals surface area contributed by atoms with E-state index in [0.29, 0.717) is 39.1 Å². The van der Waals surface area contributed by atoms with Gasteiger partial charge >= 0.3 is 5.69 Å². The van der Waals surface area contributed by atoms with Crippen LogP contribution in [0.1, 0.15) is 16.7 Å². The maximum absolute atomic E-state index is 12.6. The molecule has 4 rings (SSSR count). The maximum Gasteiger partial charge on any atom is 0.349 e. The van der Waals surface area contributed by atoms with Crippen molar-refractivity contribution in [3.8, 4) is 17.6 Å². The van der Waals surface area contributed by atoms with Crippen LogP contribution in [0.3, 0.4) is 0 Å². The Bertz CT molecular complexity index is 1530. The van der Waals surface area contributed by atoms with Gasteiger partial charge in [-0.15, -0.1) is 4.68 Å². The van der Waals surface area contributed by atoms with Gasteiger partial charge in [-0.1, -0.05) is 41.9 Å². The summed E-state index contributed by atoms with van der Waals surface area (Å²) >= 11 is 6.41. The van der Waals surface area contributed by atoms with E-state index < -0.39 is 11.2 Å². The molecule has 33 heavy (non-hydrogen) atoms. The summed E-state index contributed by atoms with van der Waals surface area (Å²) in [5.74, 6) is 0.628. The molecule has 3 aromatic carbocycles. The molecule has 0 aliphatic rings. The van der Waals surface area contributed by atoms with Crippen molar-refractivity contribution in [3.05, 3.63) is 103 Å². The summed E-state index contributed by atoms with van der Waals surface area (Å²) in [6.07, 6.45) is 1.33. The Labute approximate surface area is 192 Å². The second-order valence-electron chi connectivity index (χ2n) is 6.93. The van der Waals surface area contributed by atoms with Crippen LogP contribution in [-0.2, 0) is 6.61 Å². The first-order chi connectivity index (χ1) is 16.0. The largest absolute Gasteiger partial charge is 0.493 e. The number of nitrogens with zero attached hydrogens (tertiary/aromatic N) is 3. The van der Waals surface area contributed by atoms with Crippen molar-refractivity contribution in [2.75, 3.05) is 7.11 Å². The Morgan fingerprint density at radius 3 is 2.70 bits per heavy atom. The number of aromatic nitrogens is 2. The summed E-state index contributed by atoms with van der Waals surface area (Å²) in [6, 6.07) is 19.1. The van der Waals surface area contributed by atoms with Gasteiger partial charge in [0.25, 0.3) is 5.56 Å². The Hall–Kier alpha value is -4.35. The van der Waals surface area contributed by atoms with Gasteiger partial charge in [-0.3, -0.25) is 4.79 Å². The highest BCUT2D eigenvalue weighted by atomic mass is 35.5. The first kappa shape index (κ1) is 21.9. The monoisotopic (exact) mass is 460 g/mol. The predicted molar refractivity (Wildman–Crippen MR) is 125 cm³/mol. The molecule has 0 amide bonds. The average Bonchev–Trinajstić information content (AvgIpc) is 2.83. The number of benzene rings is 3. The molecule has 0 aliphatic heterocycles. The summed E-state index contributed by atoms with van der Waals surface area (Å²) in [5, 5.41) is 13.9. The topological polar surface area (TPSA) is 109 Å². The fourth-order valence-electron chi connectivity index (χ4n) is 3.24. The van der Waals surface area contributed by atoms with E-state index in [9.17, 15) is 14.9 Å². The number of hydrogen-bond acceptors (Lipinski definition) is 6. The third-order valence-electron chi connectivity index (χ3n) is 4.87. The van der Waals surface area contributed by atoms with Crippen LogP contribution in [0.5, 0.6) is 11.5 Å². The molecule has 0 spiro atoms. The fourth-order valence-corrected chi connectivity index (χ4v) is 3.52. The van der Waals surface area contributed by atoms with Gasteiger partial charge < -0.3 is 14.5 Å². The third-order valence-corrected chi connectivity index (χ3v) is 5.15. The lowest BCUT2D eigenvalue weighted by Gasteiger charge is -2.14. The number of ether oxygens (including phenoxy) is 2. The number of halogens is 1. The van der Waals surface area contributed by atoms with Gasteiger partial charge in [-0.2, -0.15) is 10.4 Å². The van der Waals surface area contributed by atoms with Crippen molar-refractivity contribution < 1.29 is 9.47 Å². The standard InChI is InChI=1S/C24H17ClN4O4/c1-32-21-11-15(10-19(25)22(21)33-14-17-7-3-2-6-16(17)12-26)13-27-29-23(30)18-8-4-5-9-20(18)28-24(29)31/h2-11,13H,14H2,1H3,(H,28,31). The lowest BCUT2D eigenvalue weighted by atomic mass is 10.1. The van der Waals surface area contributed by atoms with Gasteiger partial charge in [-0.25, -0.2) is 4.79 Å². The summed E-state index contributed by atoms with van der Waals surface area (Å²) in [7, 11) is 1.46. The quantitative estimate of drug-likeness (QED) is 0.441. The van der Waals surface area contributed by atoms with E-state index >= 15 is 0 Å². The predicted octanol–water partition coefficient (Wildman–Crippen LogP) is 3.68. The molecule has 0 aliphatic carbocycles. The number of fused-ring (bicyclic) bond motifs is 1. The van der Waals surface area contributed by atoms with Crippen LogP contribution in [0.15, 0.2) is 75.4 Å². The molecule has 8 nitrogen and oxygen atoms in total. The number of nitriles is 1. The van der Waals surface area contributed by atoms with Gasteiger partial charge in [0, 0.05) is 5.56 Å². The van der Waals surface area contributed by atoms with E-state index in [2.05, 4.69) is 16.2 Å². The Kier molecular flexibility index (Phi) is 6.24. The summed E-state index contributed by atoms with van der Waals surface area (Å²) < 4.78 is 12.0. The molecule has 9 heteroatoms. The molecule has 0 saturated carbocycles. The highest BCUT2D eigenvalue weighted by molar-refractivity contribution is 6.32. The Morgan fingerprint density at radius 2 is 1.91 bits per heavy atom. The zero-order valence-electron chi connectivity index (χ0n) is 17.4. The second kappa shape index (κ2) is 9.42. The molecule has 164 valence electrons. The number of hydrogen-bond donors (Lipinski definition) is 1. The normalized spacial score (nSPS) is 10.9. The number of methoxy groups -OCH3 is 1. The molecule has 0 fully saturated rings. The van der Waals surface area contributed by atoms with Gasteiger partial charge in [0.2, 0.25) is 0 Å². The van der Waals surface area contributed by atoms with Crippen LogP contribution in [0.25, 0.3) is 10.9 Å². The molecule has 0 saturated heterocycles. The Morgan fingerprint density at radius 1 is 1.15 bits per heavy atom. The highest BCUT2D eigenvalue weighted by Gasteiger charge is 2.13. The lowest BCUT2D eigenvalue weighted by molar-refractivity contribution is 0.284. The van der Waals surface area contributed by atoms with Crippen LogP contribution >= 0.6 is 11.6 Å². The summed E-state index contributed by atoms with van der Waals surface area (Å²) in [6.45, 7) is 0.120. The summed E-state index contributed by atoms with van der Waals surface area (Å²) in [5.41, 5.74) is 0.925. The van der Waals surface area contributed by atoms with Crippen LogP contribution in [0.2, 0.25) is 5.02 Å². The van der Waals surface area contributed by atoms with Gasteiger partial charge in [0.1, 0.15) is 6.61 Å². The molecule has 1 N–H and O–H groups in total. The molecule has 0 atom stereocenters. The van der Waals surface area contributed by atoms with Gasteiger partial charge in [0.05, 0.1) is 40.9 Å². The lowest BCUT2D eigenvalue weighted by Crippen LogP contribution is -2.32. The van der Waals surface area contributed by atoms with Crippen molar-refractivity contribution in [1.82, 2.24) is 9.66 Å². The second-order valence-corrected chi connectivity index (χ2v) is 7.34. The van der Waals surface area contributed by atoms with Gasteiger partial charge in [0.15, 0.2) is 11.5 Å². The first-order valence-corrected chi connectivity index (χ1v) is 10.2. The molecular formula is C24H17ClN4O4. The van der Waals surface area contributed by atoms with Gasteiger partial charge in [-0.05, 0) is 35.9 Å². The molecule has 1 heterocycles. The van der Waals surface area contributed by atoms with E-state index in [-0.39, 0.29) is 11.6 Å². The smallest absolute Gasteiger partial charge is 0.349 e. The molecule has 4 aromatic rings. The number of aromatic amines is 1. The Balaban J connectivity index is 1.64. The van der Waals surface area contributed by atoms with Crippen molar-refractivity contribution in [3.63, 3.8) is 0 Å². The maximum atomic E-state index is 12.6. The van der Waals surface area contributed by atoms with Crippen LogP contribution < -0.4 is 20.7 Å². The first-order valence-electron chi connectivity index (χ1n) is 9.78. The number of para-hydroxylation sites is 1. The summed E-state index contributed by atoms with van der Waals surface area (Å²) in [4.78, 5) is 27.5. The molecule has 0 radical (unpaired) electrons. The fraction of sp³-hybridized carbons (Fsp3) is 0.0833. The zero-order chi connectivity index (χ0) is 23.4. The van der Waals surface area contributed by atoms with E-state index in [4.69, 9.17) is 21.1 Å². The van der Waals surface area contributed by atoms with E-state index in [0.717, 1.165) is 4.68 Å². The minimum absolute atomic E-state index is 0.120. The van der Waals surface area contributed by atoms with E-state index in [1.54, 1.807) is 54.6 Å². The van der Waals surface area contributed by atoms with E-state index in [1.165, 1.54) is 13.3 Å². The SMILES string of the molecule is COc1cc(C=Nn2c(=O)[nH]c3ccccc3c2=O)cc(Cl)c1OCc1ccccc1C#N. The minimum atomic E-state index is -0.663. The zero-order valence-corrected chi connectivity index (χ0v) is 18.2. The van der Waals surface area contributed by atoms with Crippen molar-refractivity contribution in [2.24, 2.45) is 5.10 Å². The number of H-pyrrole nitrogens is 1. The molecule has 0 bridgehead atoms. The molecular weight excluding hydrogens is 444 g/mol. The third kappa shape index (κ3) is 4.49. The number of nitrogens with one attached hydrogen (secondary N) is 1. The molecule has 1 aromatic heterocycles. The van der Waals surface area contributed by atoms with Crippen molar-refractivity contribution in [1.29, 1.82) is 5.26 Å². The van der Waals surface area contributed by atoms with Crippen LogP contribution in [0.4, 0.5) is 0 Å². The van der Waals surface area contributed by atoms with Crippen molar-refractivity contribution >= 4 is 28.7 Å². The van der Waals surface area contributed by atoms with E-state index in [1.807, 2.05) is 6.07 Å². The average molecular weight is 461 g/mol. The number of rotatable bonds is 6. The van der Waals surface area contributed by atoms with Crippen LogP contribution in [-0.4, -0.2) is 23.0 Å². The van der Waals surface area contributed by atoms with Crippen molar-refractivity contribution in [2.45, 2.75) is 6.61 Å². The molecule has 0 unspecified atom stereocenters. The van der Waals surface area contributed by atoms with Crippen LogP contribution in [0, 0.1) is 11.3 Å².